The van der Waals surface area contributed by atoms with E-state index in [9.17, 15) is 9.90 Å². The second-order valence-electron chi connectivity index (χ2n) is 5.27. The van der Waals surface area contributed by atoms with Crippen molar-refractivity contribution in [3.05, 3.63) is 51.7 Å². The maximum absolute atomic E-state index is 11.1. The van der Waals surface area contributed by atoms with E-state index in [0.29, 0.717) is 21.7 Å². The van der Waals surface area contributed by atoms with Gasteiger partial charge in [0, 0.05) is 23.0 Å². The normalized spacial score (nSPS) is 16.4. The number of hydrogen-bond acceptors (Lipinski definition) is 7. The summed E-state index contributed by atoms with van der Waals surface area (Å²) >= 11 is 8.78. The molecule has 3 aromatic rings. The molecule has 0 aliphatic carbocycles. The highest BCUT2D eigenvalue weighted by atomic mass is 35.5. The van der Waals surface area contributed by atoms with Gasteiger partial charge in [0.1, 0.15) is 0 Å². The molecule has 1 aliphatic rings. The number of halogens is 1. The molecule has 4 rings (SSSR count). The molecule has 0 spiro atoms. The Bertz CT molecular complexity index is 951. The molecule has 25 heavy (non-hydrogen) atoms. The van der Waals surface area contributed by atoms with Gasteiger partial charge in [-0.2, -0.15) is 9.78 Å². The second kappa shape index (κ2) is 6.62. The molecule has 0 fully saturated rings. The third-order valence-corrected chi connectivity index (χ3v) is 5.88. The molecule has 1 aliphatic heterocycles. The molecule has 1 atom stereocenters. The standard InChI is InChI=1S/C16H11ClN4O2S2/c17-10-5-3-9(4-6-10)15-18-19-16-21(15)20-14(11-2-1-7-24-11)12(25-16)8-13(22)23/h1-7,12H,8H2,(H,22,23)/p-1/t12-/m1/s1. The van der Waals surface area contributed by atoms with Gasteiger partial charge in [0.15, 0.2) is 5.82 Å². The van der Waals surface area contributed by atoms with Gasteiger partial charge < -0.3 is 9.90 Å². The molecule has 0 bridgehead atoms. The Morgan fingerprint density at radius 2 is 2.04 bits per heavy atom. The van der Waals surface area contributed by atoms with E-state index in [2.05, 4.69) is 15.3 Å². The smallest absolute Gasteiger partial charge is 0.213 e. The van der Waals surface area contributed by atoms with E-state index in [1.54, 1.807) is 16.8 Å². The van der Waals surface area contributed by atoms with E-state index in [-0.39, 0.29) is 11.7 Å². The number of thioether (sulfide) groups is 1. The Morgan fingerprint density at radius 3 is 2.72 bits per heavy atom. The first-order valence-electron chi connectivity index (χ1n) is 7.32. The van der Waals surface area contributed by atoms with Crippen molar-refractivity contribution in [1.29, 1.82) is 0 Å². The predicted molar refractivity (Wildman–Crippen MR) is 96.0 cm³/mol. The summed E-state index contributed by atoms with van der Waals surface area (Å²) in [6.07, 6.45) is -0.134. The number of nitrogens with zero attached hydrogens (tertiary/aromatic N) is 4. The van der Waals surface area contributed by atoms with Gasteiger partial charge in [0.25, 0.3) is 0 Å². The Labute approximate surface area is 156 Å². The van der Waals surface area contributed by atoms with Gasteiger partial charge in [-0.15, -0.1) is 21.5 Å². The van der Waals surface area contributed by atoms with Crippen LogP contribution in [-0.4, -0.2) is 31.8 Å². The summed E-state index contributed by atoms with van der Waals surface area (Å²) < 4.78 is 1.65. The van der Waals surface area contributed by atoms with E-state index < -0.39 is 5.97 Å². The Morgan fingerprint density at radius 1 is 1.24 bits per heavy atom. The van der Waals surface area contributed by atoms with Gasteiger partial charge in [-0.3, -0.25) is 0 Å². The first-order chi connectivity index (χ1) is 12.1. The molecular formula is C16H10ClN4O2S2-. The van der Waals surface area contributed by atoms with Crippen molar-refractivity contribution in [2.24, 2.45) is 5.10 Å². The van der Waals surface area contributed by atoms with Crippen LogP contribution in [0.2, 0.25) is 5.02 Å². The van der Waals surface area contributed by atoms with Crippen LogP contribution in [0.4, 0.5) is 0 Å². The van der Waals surface area contributed by atoms with Crippen molar-refractivity contribution in [3.63, 3.8) is 0 Å². The number of rotatable bonds is 4. The number of carboxylic acids is 1. The number of fused-ring (bicyclic) bond motifs is 1. The van der Waals surface area contributed by atoms with Crippen LogP contribution in [0.3, 0.4) is 0 Å². The van der Waals surface area contributed by atoms with Crippen molar-refractivity contribution in [2.45, 2.75) is 16.8 Å². The lowest BCUT2D eigenvalue weighted by Gasteiger charge is -2.22. The maximum Gasteiger partial charge on any atom is 0.213 e. The fourth-order valence-corrected chi connectivity index (χ4v) is 4.53. The summed E-state index contributed by atoms with van der Waals surface area (Å²) in [5.74, 6) is -0.534. The Balaban J connectivity index is 1.81. The van der Waals surface area contributed by atoms with Gasteiger partial charge in [-0.25, -0.2) is 0 Å². The number of aromatic nitrogens is 3. The molecule has 0 unspecified atom stereocenters. The third kappa shape index (κ3) is 3.20. The van der Waals surface area contributed by atoms with Crippen LogP contribution >= 0.6 is 34.7 Å². The lowest BCUT2D eigenvalue weighted by atomic mass is 10.1. The first-order valence-corrected chi connectivity index (χ1v) is 9.46. The fourth-order valence-electron chi connectivity index (χ4n) is 2.49. The van der Waals surface area contributed by atoms with E-state index in [0.717, 1.165) is 10.4 Å². The summed E-state index contributed by atoms with van der Waals surface area (Å²) in [7, 11) is 0. The molecule has 6 nitrogen and oxygen atoms in total. The molecule has 1 aromatic carbocycles. The van der Waals surface area contributed by atoms with E-state index >= 15 is 0 Å². The number of aliphatic carboxylic acids is 1. The summed E-state index contributed by atoms with van der Waals surface area (Å²) in [4.78, 5) is 12.0. The minimum absolute atomic E-state index is 0.134. The number of carbonyl (C=O) groups is 1. The highest BCUT2D eigenvalue weighted by molar-refractivity contribution is 8.00. The van der Waals surface area contributed by atoms with E-state index in [1.807, 2.05) is 29.6 Å². The summed E-state index contributed by atoms with van der Waals surface area (Å²) in [6.45, 7) is 0. The molecule has 0 amide bonds. The summed E-state index contributed by atoms with van der Waals surface area (Å²) in [5.41, 5.74) is 1.52. The van der Waals surface area contributed by atoms with E-state index in [4.69, 9.17) is 11.6 Å². The lowest BCUT2D eigenvalue weighted by molar-refractivity contribution is -0.305. The summed E-state index contributed by atoms with van der Waals surface area (Å²) in [5, 5.41) is 26.9. The molecule has 9 heteroatoms. The largest absolute Gasteiger partial charge is 0.550 e. The van der Waals surface area contributed by atoms with Gasteiger partial charge in [0.05, 0.1) is 15.8 Å². The third-order valence-electron chi connectivity index (χ3n) is 3.60. The molecule has 126 valence electrons. The number of thiophene rings is 1. The maximum atomic E-state index is 11.1. The van der Waals surface area contributed by atoms with Crippen LogP contribution in [0.5, 0.6) is 0 Å². The van der Waals surface area contributed by atoms with Crippen molar-refractivity contribution >= 4 is 46.4 Å². The highest BCUT2D eigenvalue weighted by Gasteiger charge is 2.29. The Hall–Kier alpha value is -2.16. The lowest BCUT2D eigenvalue weighted by Crippen LogP contribution is -2.32. The molecular weight excluding hydrogens is 380 g/mol. The monoisotopic (exact) mass is 389 g/mol. The number of carboxylic acid groups (broad SMARTS) is 1. The van der Waals surface area contributed by atoms with Crippen molar-refractivity contribution in [1.82, 2.24) is 14.9 Å². The topological polar surface area (TPSA) is 83.2 Å². The second-order valence-corrected chi connectivity index (χ2v) is 7.82. The van der Waals surface area contributed by atoms with Gasteiger partial charge in [0.2, 0.25) is 5.16 Å². The van der Waals surface area contributed by atoms with Crippen LogP contribution in [0.25, 0.3) is 11.4 Å². The molecule has 0 saturated heterocycles. The number of benzene rings is 1. The van der Waals surface area contributed by atoms with Gasteiger partial charge >= 0.3 is 0 Å². The Kier molecular flexibility index (Phi) is 4.32. The SMILES string of the molecule is O=C([O-])C[C@H]1Sc2nnc(-c3ccc(Cl)cc3)n2N=C1c1cccs1. The molecule has 2 aromatic heterocycles. The van der Waals surface area contributed by atoms with Gasteiger partial charge in [-0.05, 0) is 35.7 Å². The fraction of sp³-hybridized carbons (Fsp3) is 0.125. The zero-order valence-corrected chi connectivity index (χ0v) is 15.0. The zero-order valence-electron chi connectivity index (χ0n) is 12.6. The zero-order chi connectivity index (χ0) is 17.4. The van der Waals surface area contributed by atoms with Crippen LogP contribution in [0.1, 0.15) is 11.3 Å². The minimum Gasteiger partial charge on any atom is -0.550 e. The molecule has 0 saturated carbocycles. The van der Waals surface area contributed by atoms with Crippen LogP contribution in [-0.2, 0) is 4.79 Å². The van der Waals surface area contributed by atoms with Crippen LogP contribution in [0, 0.1) is 0 Å². The van der Waals surface area contributed by atoms with Crippen molar-refractivity contribution in [2.75, 3.05) is 0 Å². The average Bonchev–Trinajstić information content (AvgIpc) is 3.23. The average molecular weight is 390 g/mol. The predicted octanol–water partition coefficient (Wildman–Crippen LogP) is 2.53. The number of hydrogen-bond donors (Lipinski definition) is 0. The minimum atomic E-state index is -1.12. The molecule has 0 radical (unpaired) electrons. The van der Waals surface area contributed by atoms with Gasteiger partial charge in [-0.1, -0.05) is 29.4 Å². The quantitative estimate of drug-likeness (QED) is 0.684. The van der Waals surface area contributed by atoms with Crippen molar-refractivity contribution < 1.29 is 9.90 Å². The van der Waals surface area contributed by atoms with E-state index in [1.165, 1.54) is 23.1 Å². The number of carbonyl (C=O) groups excluding carboxylic acids is 1. The van der Waals surface area contributed by atoms with Crippen LogP contribution < -0.4 is 5.11 Å². The highest BCUT2D eigenvalue weighted by Crippen LogP contribution is 2.35. The summed E-state index contributed by atoms with van der Waals surface area (Å²) in [6, 6.07) is 11.1. The first kappa shape index (κ1) is 16.3. The van der Waals surface area contributed by atoms with Crippen molar-refractivity contribution in [3.8, 4) is 11.4 Å². The molecule has 0 N–H and O–H groups in total. The molecule has 3 heterocycles. The van der Waals surface area contributed by atoms with Crippen LogP contribution in [0.15, 0.2) is 52.0 Å².